The summed E-state index contributed by atoms with van der Waals surface area (Å²) in [6.45, 7) is 10.1. The normalized spacial score (nSPS) is 22.8. The number of likely N-dealkylation sites (tertiary alicyclic amines) is 1. The van der Waals surface area contributed by atoms with Crippen LogP contribution >= 0.6 is 0 Å². The standard InChI is InChI=1S/C19H36N4O2/c1-5-20-18(21-14-19(8-6-9-19)10-12-25-4)22-16-7-11-23(13-16)17(24)15(2)3/h15-16H,5-14H2,1-4H3,(H2,20,21,22). The van der Waals surface area contributed by atoms with Crippen LogP contribution in [0.4, 0.5) is 0 Å². The van der Waals surface area contributed by atoms with Crippen LogP contribution in [-0.4, -0.2) is 62.7 Å². The van der Waals surface area contributed by atoms with Crippen molar-refractivity contribution in [2.45, 2.75) is 58.9 Å². The van der Waals surface area contributed by atoms with Crippen LogP contribution in [0.1, 0.15) is 52.9 Å². The highest BCUT2D eigenvalue weighted by Gasteiger charge is 2.36. The van der Waals surface area contributed by atoms with E-state index in [1.54, 1.807) is 7.11 Å². The van der Waals surface area contributed by atoms with E-state index in [0.29, 0.717) is 5.41 Å². The fourth-order valence-corrected chi connectivity index (χ4v) is 3.69. The van der Waals surface area contributed by atoms with Gasteiger partial charge in [0.25, 0.3) is 0 Å². The molecular weight excluding hydrogens is 316 g/mol. The summed E-state index contributed by atoms with van der Waals surface area (Å²) in [5, 5.41) is 6.89. The molecule has 0 radical (unpaired) electrons. The average Bonchev–Trinajstić information content (AvgIpc) is 3.01. The van der Waals surface area contributed by atoms with Crippen LogP contribution in [-0.2, 0) is 9.53 Å². The van der Waals surface area contributed by atoms with E-state index in [1.807, 2.05) is 18.7 Å². The van der Waals surface area contributed by atoms with Gasteiger partial charge in [-0.15, -0.1) is 0 Å². The van der Waals surface area contributed by atoms with Gasteiger partial charge >= 0.3 is 0 Å². The van der Waals surface area contributed by atoms with Crippen molar-refractivity contribution < 1.29 is 9.53 Å². The van der Waals surface area contributed by atoms with Crippen molar-refractivity contribution in [3.8, 4) is 0 Å². The van der Waals surface area contributed by atoms with Gasteiger partial charge in [-0.2, -0.15) is 0 Å². The third-order valence-electron chi connectivity index (χ3n) is 5.50. The molecule has 25 heavy (non-hydrogen) atoms. The van der Waals surface area contributed by atoms with E-state index >= 15 is 0 Å². The number of aliphatic imine (C=N–C) groups is 1. The lowest BCUT2D eigenvalue weighted by molar-refractivity contribution is -0.133. The van der Waals surface area contributed by atoms with Crippen molar-refractivity contribution in [1.29, 1.82) is 0 Å². The number of nitrogens with zero attached hydrogens (tertiary/aromatic N) is 2. The predicted octanol–water partition coefficient (Wildman–Crippen LogP) is 2.01. The Morgan fingerprint density at radius 3 is 2.72 bits per heavy atom. The van der Waals surface area contributed by atoms with Crippen molar-refractivity contribution in [3.63, 3.8) is 0 Å². The molecule has 2 N–H and O–H groups in total. The first kappa shape index (κ1) is 20.0. The molecule has 1 saturated carbocycles. The van der Waals surface area contributed by atoms with E-state index in [9.17, 15) is 4.79 Å². The van der Waals surface area contributed by atoms with Crippen molar-refractivity contribution in [3.05, 3.63) is 0 Å². The number of hydrogen-bond donors (Lipinski definition) is 2. The van der Waals surface area contributed by atoms with E-state index in [2.05, 4.69) is 17.6 Å². The van der Waals surface area contributed by atoms with Gasteiger partial charge < -0.3 is 20.3 Å². The first-order chi connectivity index (χ1) is 12.0. The van der Waals surface area contributed by atoms with Crippen LogP contribution in [0.15, 0.2) is 4.99 Å². The molecule has 0 bridgehead atoms. The Morgan fingerprint density at radius 1 is 1.40 bits per heavy atom. The van der Waals surface area contributed by atoms with Gasteiger partial charge in [0.05, 0.1) is 0 Å². The summed E-state index contributed by atoms with van der Waals surface area (Å²) in [5.41, 5.74) is 0.327. The van der Waals surface area contributed by atoms with Gasteiger partial charge in [-0.25, -0.2) is 0 Å². The van der Waals surface area contributed by atoms with Crippen LogP contribution in [0.2, 0.25) is 0 Å². The van der Waals surface area contributed by atoms with Crippen LogP contribution in [0.25, 0.3) is 0 Å². The number of nitrogens with one attached hydrogen (secondary N) is 2. The molecule has 2 rings (SSSR count). The molecule has 0 aromatic carbocycles. The number of carbonyl (C=O) groups is 1. The molecule has 6 heteroatoms. The predicted molar refractivity (Wildman–Crippen MR) is 102 cm³/mol. The highest BCUT2D eigenvalue weighted by Crippen LogP contribution is 2.44. The van der Waals surface area contributed by atoms with Gasteiger partial charge in [-0.05, 0) is 38.0 Å². The van der Waals surface area contributed by atoms with Gasteiger partial charge in [-0.3, -0.25) is 9.79 Å². The molecule has 144 valence electrons. The minimum atomic E-state index is 0.0694. The Bertz CT molecular complexity index is 460. The maximum absolute atomic E-state index is 12.1. The summed E-state index contributed by atoms with van der Waals surface area (Å²) in [5.74, 6) is 1.20. The lowest BCUT2D eigenvalue weighted by Crippen LogP contribution is -2.46. The van der Waals surface area contributed by atoms with E-state index in [1.165, 1.54) is 19.3 Å². The maximum atomic E-state index is 12.1. The molecule has 1 atom stereocenters. The van der Waals surface area contributed by atoms with Crippen LogP contribution in [0, 0.1) is 11.3 Å². The molecule has 1 aliphatic heterocycles. The van der Waals surface area contributed by atoms with Crippen molar-refractivity contribution in [2.24, 2.45) is 16.3 Å². The minimum absolute atomic E-state index is 0.0694. The molecular formula is C19H36N4O2. The average molecular weight is 353 g/mol. The monoisotopic (exact) mass is 352 g/mol. The second kappa shape index (κ2) is 9.41. The minimum Gasteiger partial charge on any atom is -0.385 e. The SMILES string of the molecule is CCNC(=NCC1(CCOC)CCC1)NC1CCN(C(=O)C(C)C)C1. The smallest absolute Gasteiger partial charge is 0.225 e. The lowest BCUT2D eigenvalue weighted by atomic mass is 9.67. The number of amides is 1. The number of hydrogen-bond acceptors (Lipinski definition) is 3. The van der Waals surface area contributed by atoms with Gasteiger partial charge in [0, 0.05) is 51.9 Å². The summed E-state index contributed by atoms with van der Waals surface area (Å²) >= 11 is 0. The van der Waals surface area contributed by atoms with Crippen LogP contribution in [0.3, 0.4) is 0 Å². The van der Waals surface area contributed by atoms with E-state index in [0.717, 1.165) is 51.6 Å². The zero-order valence-electron chi connectivity index (χ0n) is 16.4. The van der Waals surface area contributed by atoms with E-state index < -0.39 is 0 Å². The molecule has 6 nitrogen and oxygen atoms in total. The molecule has 1 amide bonds. The van der Waals surface area contributed by atoms with Crippen molar-refractivity contribution >= 4 is 11.9 Å². The topological polar surface area (TPSA) is 66.0 Å². The summed E-state index contributed by atoms with van der Waals surface area (Å²) in [6.07, 6.45) is 5.88. The highest BCUT2D eigenvalue weighted by molar-refractivity contribution is 5.81. The van der Waals surface area contributed by atoms with E-state index in [-0.39, 0.29) is 17.9 Å². The first-order valence-electron chi connectivity index (χ1n) is 9.82. The Labute approximate surface area is 152 Å². The number of guanidine groups is 1. The first-order valence-corrected chi connectivity index (χ1v) is 9.82. The quantitative estimate of drug-likeness (QED) is 0.518. The molecule has 2 fully saturated rings. The number of ether oxygens (including phenoxy) is 1. The van der Waals surface area contributed by atoms with Gasteiger partial charge in [0.15, 0.2) is 5.96 Å². The number of methoxy groups -OCH3 is 1. The van der Waals surface area contributed by atoms with Crippen LogP contribution in [0.5, 0.6) is 0 Å². The van der Waals surface area contributed by atoms with Crippen molar-refractivity contribution in [1.82, 2.24) is 15.5 Å². The third-order valence-corrected chi connectivity index (χ3v) is 5.50. The molecule has 1 aliphatic carbocycles. The Balaban J connectivity index is 1.89. The zero-order valence-corrected chi connectivity index (χ0v) is 16.4. The summed E-state index contributed by atoms with van der Waals surface area (Å²) < 4.78 is 5.27. The maximum Gasteiger partial charge on any atom is 0.225 e. The van der Waals surface area contributed by atoms with Crippen molar-refractivity contribution in [2.75, 3.05) is 39.9 Å². The molecule has 0 aromatic rings. The van der Waals surface area contributed by atoms with Crippen LogP contribution < -0.4 is 10.6 Å². The lowest BCUT2D eigenvalue weighted by Gasteiger charge is -2.41. The third kappa shape index (κ3) is 5.59. The second-order valence-electron chi connectivity index (χ2n) is 7.86. The second-order valence-corrected chi connectivity index (χ2v) is 7.86. The fourth-order valence-electron chi connectivity index (χ4n) is 3.69. The zero-order chi connectivity index (χ0) is 18.3. The van der Waals surface area contributed by atoms with Gasteiger partial charge in [0.2, 0.25) is 5.91 Å². The Hall–Kier alpha value is -1.30. The highest BCUT2D eigenvalue weighted by atomic mass is 16.5. The molecule has 1 unspecified atom stereocenters. The summed E-state index contributed by atoms with van der Waals surface area (Å²) in [4.78, 5) is 19.0. The largest absolute Gasteiger partial charge is 0.385 e. The number of carbonyl (C=O) groups excluding carboxylic acids is 1. The molecule has 2 aliphatic rings. The molecule has 0 spiro atoms. The number of rotatable bonds is 8. The van der Waals surface area contributed by atoms with Gasteiger partial charge in [-0.1, -0.05) is 20.3 Å². The Morgan fingerprint density at radius 2 is 2.16 bits per heavy atom. The van der Waals surface area contributed by atoms with Gasteiger partial charge in [0.1, 0.15) is 0 Å². The summed E-state index contributed by atoms with van der Waals surface area (Å²) in [6, 6.07) is 0.289. The molecule has 0 aromatic heterocycles. The molecule has 1 saturated heterocycles. The Kier molecular flexibility index (Phi) is 7.54. The summed E-state index contributed by atoms with van der Waals surface area (Å²) in [7, 11) is 1.77. The van der Waals surface area contributed by atoms with E-state index in [4.69, 9.17) is 9.73 Å². The molecule has 1 heterocycles. The fraction of sp³-hybridized carbons (Fsp3) is 0.895.